The predicted molar refractivity (Wildman–Crippen MR) is 92.9 cm³/mol. The highest BCUT2D eigenvalue weighted by atomic mass is 35.5. The molecule has 1 N–H and O–H groups in total. The van der Waals surface area contributed by atoms with Crippen LogP contribution < -0.4 is 4.74 Å². The van der Waals surface area contributed by atoms with Crippen LogP contribution in [0.1, 0.15) is 15.9 Å². The minimum absolute atomic E-state index is 0.00996. The van der Waals surface area contributed by atoms with Crippen LogP contribution in [0.2, 0.25) is 5.02 Å². The number of carboxylic acids is 1. The zero-order valence-corrected chi connectivity index (χ0v) is 13.9. The van der Waals surface area contributed by atoms with Crippen LogP contribution in [0.5, 0.6) is 11.6 Å². The second-order valence-electron chi connectivity index (χ2n) is 5.38. The normalized spacial score (nSPS) is 10.5. The Morgan fingerprint density at radius 3 is 2.60 bits per heavy atom. The van der Waals surface area contributed by atoms with Gasteiger partial charge in [-0.2, -0.15) is 0 Å². The van der Waals surface area contributed by atoms with Crippen molar-refractivity contribution in [2.75, 3.05) is 0 Å². The highest BCUT2D eigenvalue weighted by molar-refractivity contribution is 6.32. The molecule has 3 aromatic rings. The Hall–Kier alpha value is -2.92. The molecule has 0 atom stereocenters. The fraction of sp³-hybridized carbons (Fsp3) is 0.0526. The van der Waals surface area contributed by atoms with Crippen LogP contribution in [-0.4, -0.2) is 16.1 Å². The van der Waals surface area contributed by atoms with Gasteiger partial charge >= 0.3 is 5.97 Å². The molecule has 0 aliphatic carbocycles. The lowest BCUT2D eigenvalue weighted by Crippen LogP contribution is -2.05. The second-order valence-corrected chi connectivity index (χ2v) is 5.79. The number of hydrogen-bond donors (Lipinski definition) is 1. The van der Waals surface area contributed by atoms with E-state index in [1.54, 1.807) is 42.5 Å². The van der Waals surface area contributed by atoms with Gasteiger partial charge in [0.1, 0.15) is 17.0 Å². The summed E-state index contributed by atoms with van der Waals surface area (Å²) in [6.45, 7) is 1.87. The van der Waals surface area contributed by atoms with Gasteiger partial charge < -0.3 is 9.84 Å². The first-order valence-electron chi connectivity index (χ1n) is 7.39. The van der Waals surface area contributed by atoms with Gasteiger partial charge in [0.05, 0.1) is 5.02 Å². The van der Waals surface area contributed by atoms with E-state index in [0.717, 1.165) is 11.6 Å². The molecule has 0 radical (unpaired) electrons. The molecule has 0 spiro atoms. The van der Waals surface area contributed by atoms with Crippen LogP contribution in [0, 0.1) is 12.7 Å². The molecule has 0 fully saturated rings. The number of nitrogens with zero attached hydrogens (tertiary/aromatic N) is 1. The summed E-state index contributed by atoms with van der Waals surface area (Å²) in [7, 11) is 0. The van der Waals surface area contributed by atoms with Crippen molar-refractivity contribution in [1.82, 2.24) is 4.98 Å². The van der Waals surface area contributed by atoms with Gasteiger partial charge in [-0.25, -0.2) is 14.2 Å². The number of halogens is 2. The summed E-state index contributed by atoms with van der Waals surface area (Å²) < 4.78 is 20.0. The van der Waals surface area contributed by atoms with Gasteiger partial charge in [-0.3, -0.25) is 0 Å². The molecule has 0 amide bonds. The highest BCUT2D eigenvalue weighted by Gasteiger charge is 2.20. The summed E-state index contributed by atoms with van der Waals surface area (Å²) in [4.78, 5) is 15.5. The smallest absolute Gasteiger partial charge is 0.341 e. The number of hydrogen-bond acceptors (Lipinski definition) is 3. The maximum Gasteiger partial charge on any atom is 0.341 e. The van der Waals surface area contributed by atoms with E-state index in [2.05, 4.69) is 4.98 Å². The van der Waals surface area contributed by atoms with Gasteiger partial charge in [-0.05, 0) is 31.2 Å². The first-order chi connectivity index (χ1) is 12.0. The lowest BCUT2D eigenvalue weighted by Gasteiger charge is -2.12. The number of benzene rings is 2. The van der Waals surface area contributed by atoms with Crippen molar-refractivity contribution in [2.45, 2.75) is 6.92 Å². The number of aryl methyl sites for hydroxylation is 1. The van der Waals surface area contributed by atoms with Crippen molar-refractivity contribution in [3.8, 4) is 22.9 Å². The molecule has 3 rings (SSSR count). The zero-order valence-electron chi connectivity index (χ0n) is 13.2. The number of pyridine rings is 1. The summed E-state index contributed by atoms with van der Waals surface area (Å²) >= 11 is 6.04. The third-order valence-corrected chi connectivity index (χ3v) is 3.82. The lowest BCUT2D eigenvalue weighted by molar-refractivity contribution is 0.0692. The minimum Gasteiger partial charge on any atom is -0.477 e. The van der Waals surface area contributed by atoms with Crippen molar-refractivity contribution in [2.24, 2.45) is 0 Å². The topological polar surface area (TPSA) is 59.4 Å². The number of carboxylic acid groups (broad SMARTS) is 1. The number of ether oxygens (including phenoxy) is 1. The molecular formula is C19H13ClFNO3. The molecule has 25 heavy (non-hydrogen) atoms. The average Bonchev–Trinajstić information content (AvgIpc) is 2.58. The molecule has 4 nitrogen and oxygen atoms in total. The van der Waals surface area contributed by atoms with Crippen molar-refractivity contribution in [1.29, 1.82) is 0 Å². The van der Waals surface area contributed by atoms with Crippen molar-refractivity contribution in [3.63, 3.8) is 0 Å². The average molecular weight is 358 g/mol. The van der Waals surface area contributed by atoms with Crippen LogP contribution in [-0.2, 0) is 0 Å². The van der Waals surface area contributed by atoms with E-state index in [-0.39, 0.29) is 22.9 Å². The Bertz CT molecular complexity index is 959. The molecule has 0 aliphatic heterocycles. The molecular weight excluding hydrogens is 345 g/mol. The van der Waals surface area contributed by atoms with E-state index in [1.165, 1.54) is 0 Å². The molecule has 126 valence electrons. The molecule has 0 saturated heterocycles. The summed E-state index contributed by atoms with van der Waals surface area (Å²) in [6, 6.07) is 14.6. The summed E-state index contributed by atoms with van der Waals surface area (Å²) in [6.07, 6.45) is 0. The first kappa shape index (κ1) is 16.9. The van der Waals surface area contributed by atoms with E-state index in [0.29, 0.717) is 10.6 Å². The van der Waals surface area contributed by atoms with Crippen molar-refractivity contribution in [3.05, 3.63) is 76.6 Å². The molecule has 0 saturated carbocycles. The van der Waals surface area contributed by atoms with E-state index in [1.807, 2.05) is 13.0 Å². The van der Waals surface area contributed by atoms with E-state index in [9.17, 15) is 14.3 Å². The third kappa shape index (κ3) is 3.61. The number of rotatable bonds is 4. The zero-order chi connectivity index (χ0) is 18.0. The highest BCUT2D eigenvalue weighted by Crippen LogP contribution is 2.33. The Labute approximate surface area is 148 Å². The quantitative estimate of drug-likeness (QED) is 0.684. The lowest BCUT2D eigenvalue weighted by atomic mass is 10.1. The summed E-state index contributed by atoms with van der Waals surface area (Å²) in [5, 5.41) is 9.62. The van der Waals surface area contributed by atoms with Gasteiger partial charge in [-0.1, -0.05) is 47.5 Å². The molecule has 0 bridgehead atoms. The number of aromatic carboxylic acids is 1. The Morgan fingerprint density at radius 1 is 1.16 bits per heavy atom. The Morgan fingerprint density at radius 2 is 1.92 bits per heavy atom. The maximum absolute atomic E-state index is 14.4. The summed E-state index contributed by atoms with van der Waals surface area (Å²) in [5.74, 6) is -2.07. The molecule has 6 heteroatoms. The van der Waals surface area contributed by atoms with Crippen LogP contribution in [0.3, 0.4) is 0 Å². The summed E-state index contributed by atoms with van der Waals surface area (Å²) in [5.41, 5.74) is 1.08. The van der Waals surface area contributed by atoms with Gasteiger partial charge in [0.15, 0.2) is 5.82 Å². The standard InChI is InChI=1S/C19H13ClFNO3/c1-11-5-4-6-12(9-11)17-15(21)10-13(19(23)24)18(22-17)25-16-8-3-2-7-14(16)20/h2-10H,1H3,(H,23,24). The van der Waals surface area contributed by atoms with E-state index >= 15 is 0 Å². The monoisotopic (exact) mass is 357 g/mol. The number of para-hydroxylation sites is 1. The van der Waals surface area contributed by atoms with Crippen molar-refractivity contribution >= 4 is 17.6 Å². The maximum atomic E-state index is 14.4. The van der Waals surface area contributed by atoms with Gasteiger partial charge in [0, 0.05) is 5.56 Å². The first-order valence-corrected chi connectivity index (χ1v) is 7.77. The Kier molecular flexibility index (Phi) is 4.67. The van der Waals surface area contributed by atoms with Crippen LogP contribution >= 0.6 is 11.6 Å². The molecule has 0 unspecified atom stereocenters. The van der Waals surface area contributed by atoms with Crippen molar-refractivity contribution < 1.29 is 19.0 Å². The van der Waals surface area contributed by atoms with Crippen LogP contribution in [0.15, 0.2) is 54.6 Å². The van der Waals surface area contributed by atoms with E-state index < -0.39 is 11.8 Å². The Balaban J connectivity index is 2.14. The molecule has 2 aromatic carbocycles. The third-order valence-electron chi connectivity index (χ3n) is 3.51. The number of aromatic nitrogens is 1. The molecule has 0 aliphatic rings. The van der Waals surface area contributed by atoms with Crippen LogP contribution in [0.25, 0.3) is 11.3 Å². The fourth-order valence-corrected chi connectivity index (χ4v) is 2.50. The largest absolute Gasteiger partial charge is 0.477 e. The molecule has 1 heterocycles. The van der Waals surface area contributed by atoms with Gasteiger partial charge in [0.2, 0.25) is 5.88 Å². The van der Waals surface area contributed by atoms with E-state index in [4.69, 9.17) is 16.3 Å². The van der Waals surface area contributed by atoms with Gasteiger partial charge in [-0.15, -0.1) is 0 Å². The second kappa shape index (κ2) is 6.91. The SMILES string of the molecule is Cc1cccc(-c2nc(Oc3ccccc3Cl)c(C(=O)O)cc2F)c1. The predicted octanol–water partition coefficient (Wildman–Crippen LogP) is 5.34. The minimum atomic E-state index is -1.34. The number of carbonyl (C=O) groups is 1. The fourth-order valence-electron chi connectivity index (χ4n) is 2.33. The van der Waals surface area contributed by atoms with Gasteiger partial charge in [0.25, 0.3) is 0 Å². The molecule has 1 aromatic heterocycles. The van der Waals surface area contributed by atoms with Crippen LogP contribution in [0.4, 0.5) is 4.39 Å².